The minimum atomic E-state index is -0.266. The van der Waals surface area contributed by atoms with E-state index in [4.69, 9.17) is 9.47 Å². The van der Waals surface area contributed by atoms with Crippen LogP contribution in [0.3, 0.4) is 0 Å². The van der Waals surface area contributed by atoms with E-state index in [1.54, 1.807) is 0 Å². The Morgan fingerprint density at radius 2 is 0.579 bits per heavy atom. The zero-order chi connectivity index (χ0) is 67.0. The molecule has 10 nitrogen and oxygen atoms in total. The van der Waals surface area contributed by atoms with Gasteiger partial charge >= 0.3 is 0 Å². The van der Waals surface area contributed by atoms with E-state index in [1.165, 1.54) is 116 Å². The Morgan fingerprint density at radius 3 is 0.874 bits per heavy atom. The lowest BCUT2D eigenvalue weighted by Crippen LogP contribution is -2.59. The van der Waals surface area contributed by atoms with Crippen LogP contribution in [0.1, 0.15) is 282 Å². The normalized spacial score (nSPS) is 57.1. The molecule has 0 aromatic carbocycles. The third-order valence-corrected chi connectivity index (χ3v) is 36.0. The molecule has 16 aliphatic carbocycles. The lowest BCUT2D eigenvalue weighted by atomic mass is 9.43. The maximum atomic E-state index is 11.2. The molecule has 0 spiro atoms. The number of hydrogen-bond acceptors (Lipinski definition) is 10. The number of nitriles is 4. The van der Waals surface area contributed by atoms with Crippen LogP contribution in [-0.4, -0.2) is 71.3 Å². The number of methoxy groups -OCH3 is 2. The Morgan fingerprint density at radius 1 is 0.316 bits per heavy atom. The Balaban J connectivity index is 0.000000121. The molecule has 0 radical (unpaired) electrons. The summed E-state index contributed by atoms with van der Waals surface area (Å²) in [4.78, 5) is 0. The largest absolute Gasteiger partial charge is 0.393 e. The lowest BCUT2D eigenvalue weighted by Gasteiger charge is -2.62. The number of hydrogen-bond donors (Lipinski definition) is 4. The molecule has 16 rings (SSSR count). The van der Waals surface area contributed by atoms with Crippen molar-refractivity contribution in [1.82, 2.24) is 0 Å². The summed E-state index contributed by atoms with van der Waals surface area (Å²) in [5, 5.41) is 81.1. The SMILES string of the molecule is C.CO[C@@H]1C[C@]2(C)[C@@H](C#N)CC[C@H]2[C@@H]2CC[C@H]3C[C@H](C)CC[C@]3(C)C21.CO[C@@H]1C[C@]2(C)[C@@H](C#N)CC[C@H]2[C@@H]2CC[C@H]3C[C@H](O)CC[C@]3(C)C21.C[C@@H]1CC[C@]2(C)C3[C@H](O)C[C@]4(C)[C@@H](C#N)CC[C@H]4[C@@H]3CC[C@H]2C1.C[C@]12C[C@@H](O)C3[C@@H](CC[C@H]4C[C@H](O)CC[C@]34C)[C@@H]1CC[C@@H]2C#N. The van der Waals surface area contributed by atoms with Gasteiger partial charge in [0.25, 0.3) is 0 Å². The second-order valence-corrected chi connectivity index (χ2v) is 39.5. The first kappa shape index (κ1) is 72.5. The Hall–Kier alpha value is -2.28. The van der Waals surface area contributed by atoms with Crippen LogP contribution >= 0.6 is 0 Å². The predicted octanol–water partition coefficient (Wildman–Crippen LogP) is 18.5. The van der Waals surface area contributed by atoms with Crippen LogP contribution in [0.25, 0.3) is 0 Å². The van der Waals surface area contributed by atoms with E-state index in [0.29, 0.717) is 87.4 Å². The van der Waals surface area contributed by atoms with Gasteiger partial charge in [-0.05, 0) is 342 Å². The highest BCUT2D eigenvalue weighted by Crippen LogP contribution is 2.73. The third kappa shape index (κ3) is 11.5. The molecule has 0 aliphatic heterocycles. The maximum Gasteiger partial charge on any atom is 0.0661 e. The van der Waals surface area contributed by atoms with E-state index in [0.717, 1.165) is 131 Å². The van der Waals surface area contributed by atoms with Gasteiger partial charge in [0.2, 0.25) is 0 Å². The van der Waals surface area contributed by atoms with Gasteiger partial charge in [0.15, 0.2) is 0 Å². The summed E-state index contributed by atoms with van der Waals surface area (Å²) in [6, 6.07) is 10.4. The van der Waals surface area contributed by atoms with Crippen molar-refractivity contribution in [1.29, 1.82) is 21.0 Å². The molecule has 0 aromatic rings. The van der Waals surface area contributed by atoms with Crippen LogP contribution in [-0.2, 0) is 9.47 Å². The zero-order valence-electron chi connectivity index (χ0n) is 61.2. The standard InChI is InChI=1S/C22H35NO.C21H33NO2.C21H33NO.C20H31NO2.CH4/c1-14-9-10-21(2)15(11-14)5-7-17-18-8-6-16(13-23)22(18,3)12-19(24-4)20(17)21;1-20-9-8-15(23)10-13(20)4-6-16-17-7-5-14(12-22)21(17,2)11-18(24-3)19(16)20;1-13-8-9-20(2)14(10-13)4-6-16-17-7-5-15(12-22)21(17,3)11-18(23)19(16)20;1-19-8-7-14(22)9-12(19)3-5-15-16-6-4-13(11-21)20(16,2)10-17(23)18(15)19;/h14-20H,5-12H2,1-4H3;13-19,23H,4-11H2,1-3H3;13-19,23H,4-11H2,1-3H3;12-18,22-23H,3-10H2,1-2H3;1H4/t14-,15+,16-,17+,18+,19-,20?,21+,22-;13-,14+,15+,16-,17-,18+,19?,20-,21+;13-,14+,15-,16+,17+,18-,19?,20+,21-;12-,13+,14+,15-,16-,17+,18?,19-,20+;/m1010./s1. The van der Waals surface area contributed by atoms with Crippen LogP contribution in [0, 0.1) is 219 Å². The monoisotopic (exact) mass is 1310 g/mol. The summed E-state index contributed by atoms with van der Waals surface area (Å²) in [5.74, 6) is 13.2. The number of rotatable bonds is 2. The maximum absolute atomic E-state index is 11.2. The summed E-state index contributed by atoms with van der Waals surface area (Å²) in [6.45, 7) is 24.2. The number of nitrogens with zero attached hydrogens (tertiary/aromatic N) is 4. The van der Waals surface area contributed by atoms with Crippen LogP contribution in [0.5, 0.6) is 0 Å². The molecule has 95 heavy (non-hydrogen) atoms. The second-order valence-electron chi connectivity index (χ2n) is 39.5. The summed E-state index contributed by atoms with van der Waals surface area (Å²) in [7, 11) is 3.81. The summed E-state index contributed by atoms with van der Waals surface area (Å²) in [6.07, 6.45) is 37.6. The van der Waals surface area contributed by atoms with Gasteiger partial charge in [-0.2, -0.15) is 21.0 Å². The molecule has 4 N–H and O–H groups in total. The molecule has 16 aliphatic rings. The minimum Gasteiger partial charge on any atom is -0.393 e. The first-order valence-electron chi connectivity index (χ1n) is 40.0. The third-order valence-electron chi connectivity index (χ3n) is 36.0. The number of fused-ring (bicyclic) bond motifs is 20. The van der Waals surface area contributed by atoms with E-state index >= 15 is 0 Å². The molecule has 0 bridgehead atoms. The van der Waals surface area contributed by atoms with Crippen molar-refractivity contribution < 1.29 is 29.9 Å². The van der Waals surface area contributed by atoms with Crippen LogP contribution in [0.2, 0.25) is 0 Å². The van der Waals surface area contributed by atoms with Crippen molar-refractivity contribution in [2.45, 2.75) is 319 Å². The summed E-state index contributed by atoms with van der Waals surface area (Å²) in [5.41, 5.74) is 1.76. The van der Waals surface area contributed by atoms with Gasteiger partial charge in [0.1, 0.15) is 0 Å². The molecule has 4 unspecified atom stereocenters. The molecule has 0 saturated heterocycles. The van der Waals surface area contributed by atoms with Crippen molar-refractivity contribution in [3.63, 3.8) is 0 Å². The van der Waals surface area contributed by atoms with E-state index in [9.17, 15) is 41.5 Å². The van der Waals surface area contributed by atoms with Crippen molar-refractivity contribution in [3.8, 4) is 24.3 Å². The predicted molar refractivity (Wildman–Crippen MR) is 376 cm³/mol. The van der Waals surface area contributed by atoms with Crippen LogP contribution < -0.4 is 0 Å². The average Bonchev–Trinajstić information content (AvgIpc) is 1.72. The number of aliphatic hydroxyl groups is 4. The lowest BCUT2D eigenvalue weighted by molar-refractivity contribution is -0.183. The first-order valence-corrected chi connectivity index (χ1v) is 40.0. The number of aliphatic hydroxyl groups excluding tert-OH is 4. The quantitative estimate of drug-likeness (QED) is 0.207. The Labute approximate surface area is 578 Å². The topological polar surface area (TPSA) is 195 Å². The summed E-state index contributed by atoms with van der Waals surface area (Å²) >= 11 is 0. The van der Waals surface area contributed by atoms with E-state index in [2.05, 4.69) is 93.5 Å². The fourth-order valence-electron chi connectivity index (χ4n) is 31.1. The van der Waals surface area contributed by atoms with E-state index < -0.39 is 0 Å². The molecular weight excluding hydrogens is 1170 g/mol. The van der Waals surface area contributed by atoms with Crippen molar-refractivity contribution >= 4 is 0 Å². The zero-order valence-corrected chi connectivity index (χ0v) is 61.2. The molecule has 532 valence electrons. The van der Waals surface area contributed by atoms with Crippen molar-refractivity contribution in [2.24, 2.45) is 174 Å². The highest BCUT2D eigenvalue weighted by atomic mass is 16.5. The molecule has 0 amide bonds. The minimum absolute atomic E-state index is 0. The fourth-order valence-corrected chi connectivity index (χ4v) is 31.1. The van der Waals surface area contributed by atoms with Gasteiger partial charge < -0.3 is 29.9 Å². The van der Waals surface area contributed by atoms with Gasteiger partial charge in [-0.25, -0.2) is 0 Å². The molecule has 16 fully saturated rings. The number of ether oxygens (including phenoxy) is 2. The fraction of sp³-hybridized carbons (Fsp3) is 0.953. The van der Waals surface area contributed by atoms with Crippen molar-refractivity contribution in [3.05, 3.63) is 0 Å². The Bertz CT molecular complexity index is 2700. The van der Waals surface area contributed by atoms with E-state index in [1.807, 2.05) is 14.2 Å². The van der Waals surface area contributed by atoms with E-state index in [-0.39, 0.29) is 88.7 Å². The summed E-state index contributed by atoms with van der Waals surface area (Å²) < 4.78 is 12.3. The highest BCUT2D eigenvalue weighted by molar-refractivity contribution is 5.20. The van der Waals surface area contributed by atoms with Gasteiger partial charge in [0, 0.05) is 14.2 Å². The van der Waals surface area contributed by atoms with Crippen LogP contribution in [0.15, 0.2) is 0 Å². The van der Waals surface area contributed by atoms with Gasteiger partial charge in [0.05, 0.1) is 84.6 Å². The Kier molecular flexibility index (Phi) is 20.5. The van der Waals surface area contributed by atoms with Gasteiger partial charge in [-0.1, -0.05) is 89.5 Å². The molecule has 16 saturated carbocycles. The highest BCUT2D eigenvalue weighted by Gasteiger charge is 2.68. The van der Waals surface area contributed by atoms with Crippen LogP contribution in [0.4, 0.5) is 0 Å². The van der Waals surface area contributed by atoms with Gasteiger partial charge in [-0.3, -0.25) is 0 Å². The molecule has 0 heterocycles. The van der Waals surface area contributed by atoms with Gasteiger partial charge in [-0.15, -0.1) is 0 Å². The molecular formula is C85H136N4O6. The smallest absolute Gasteiger partial charge is 0.0661 e. The molecule has 10 heteroatoms. The average molecular weight is 1310 g/mol. The van der Waals surface area contributed by atoms with Crippen molar-refractivity contribution in [2.75, 3.05) is 14.2 Å². The molecule has 0 aromatic heterocycles. The second kappa shape index (κ2) is 26.8. The first-order chi connectivity index (χ1) is 44.7. The molecule has 36 atom stereocenters.